The molecule has 1 aliphatic heterocycles. The smallest absolute Gasteiger partial charge is 0.257 e. The zero-order chi connectivity index (χ0) is 22.8. The maximum absolute atomic E-state index is 12.9. The van der Waals surface area contributed by atoms with Gasteiger partial charge in [0.25, 0.3) is 11.8 Å². The van der Waals surface area contributed by atoms with Gasteiger partial charge in [0.05, 0.1) is 31.1 Å². The number of benzene rings is 2. The van der Waals surface area contributed by atoms with Crippen LogP contribution in [-0.4, -0.2) is 54.7 Å². The molecule has 0 aromatic heterocycles. The molecule has 0 atom stereocenters. The minimum atomic E-state index is -0.336. The lowest BCUT2D eigenvalue weighted by molar-refractivity contribution is 0.0303. The highest BCUT2D eigenvalue weighted by Crippen LogP contribution is 2.18. The number of anilines is 1. The molecule has 2 aromatic carbocycles. The van der Waals surface area contributed by atoms with E-state index in [9.17, 15) is 9.59 Å². The van der Waals surface area contributed by atoms with Crippen LogP contribution in [0.5, 0.6) is 5.75 Å². The zero-order valence-electron chi connectivity index (χ0n) is 18.3. The van der Waals surface area contributed by atoms with Gasteiger partial charge in [-0.05, 0) is 55.0 Å². The molecule has 2 aromatic rings. The lowest BCUT2D eigenvalue weighted by atomic mass is 10.1. The van der Waals surface area contributed by atoms with Crippen LogP contribution < -0.4 is 15.4 Å². The Kier molecular flexibility index (Phi) is 9.01. The first-order valence-corrected chi connectivity index (χ1v) is 11.3. The maximum atomic E-state index is 12.9. The molecule has 1 fully saturated rings. The topological polar surface area (TPSA) is 79.9 Å². The number of hydrogen-bond donors (Lipinski definition) is 2. The molecule has 0 radical (unpaired) electrons. The van der Waals surface area contributed by atoms with Crippen molar-refractivity contribution >= 4 is 34.8 Å². The second-order valence-electron chi connectivity index (χ2n) is 7.44. The van der Waals surface area contributed by atoms with Gasteiger partial charge in [-0.2, -0.15) is 0 Å². The summed E-state index contributed by atoms with van der Waals surface area (Å²) in [6.45, 7) is 4.96. The standard InChI is InChI=1S/C24H29N3O4S/c1-2-3-6-15-31-19-11-9-18(10-12-19)22(28)26-24(32)25-21-8-5-4-7-20(21)23(29)27-13-16-30-17-14-27/h4-5,7-12H,2-3,6,13-17H2,1H3,(H2,25,26,28,32). The summed E-state index contributed by atoms with van der Waals surface area (Å²) in [4.78, 5) is 27.2. The Balaban J connectivity index is 1.56. The van der Waals surface area contributed by atoms with Gasteiger partial charge in [0.2, 0.25) is 0 Å². The average molecular weight is 456 g/mol. The quantitative estimate of drug-likeness (QED) is 0.465. The summed E-state index contributed by atoms with van der Waals surface area (Å²) in [5.74, 6) is 0.297. The van der Waals surface area contributed by atoms with Gasteiger partial charge >= 0.3 is 0 Å². The molecule has 1 aliphatic rings. The third-order valence-electron chi connectivity index (χ3n) is 5.06. The largest absolute Gasteiger partial charge is 0.494 e. The number of nitrogens with one attached hydrogen (secondary N) is 2. The van der Waals surface area contributed by atoms with Crippen LogP contribution in [-0.2, 0) is 4.74 Å². The van der Waals surface area contributed by atoms with Gasteiger partial charge in [0.1, 0.15) is 5.75 Å². The summed E-state index contributed by atoms with van der Waals surface area (Å²) >= 11 is 5.31. The highest BCUT2D eigenvalue weighted by molar-refractivity contribution is 7.80. The van der Waals surface area contributed by atoms with Gasteiger partial charge in [-0.1, -0.05) is 31.9 Å². The van der Waals surface area contributed by atoms with E-state index in [-0.39, 0.29) is 16.9 Å². The molecule has 3 rings (SSSR count). The minimum Gasteiger partial charge on any atom is -0.494 e. The number of para-hydroxylation sites is 1. The molecule has 7 nitrogen and oxygen atoms in total. The van der Waals surface area contributed by atoms with Gasteiger partial charge in [-0.3, -0.25) is 14.9 Å². The number of carbonyl (C=O) groups excluding carboxylic acids is 2. The van der Waals surface area contributed by atoms with Crippen molar-refractivity contribution in [1.29, 1.82) is 0 Å². The Hall–Kier alpha value is -2.97. The zero-order valence-corrected chi connectivity index (χ0v) is 19.1. The summed E-state index contributed by atoms with van der Waals surface area (Å²) < 4.78 is 11.0. The first kappa shape index (κ1) is 23.7. The van der Waals surface area contributed by atoms with Crippen molar-refractivity contribution in [1.82, 2.24) is 10.2 Å². The molecule has 1 saturated heterocycles. The van der Waals surface area contributed by atoms with E-state index in [1.807, 2.05) is 6.07 Å². The van der Waals surface area contributed by atoms with E-state index in [1.165, 1.54) is 0 Å². The molecule has 1 heterocycles. The third kappa shape index (κ3) is 6.77. The minimum absolute atomic E-state index is 0.0972. The maximum Gasteiger partial charge on any atom is 0.257 e. The molecule has 0 aliphatic carbocycles. The predicted molar refractivity (Wildman–Crippen MR) is 128 cm³/mol. The van der Waals surface area contributed by atoms with Crippen LogP contribution in [0.1, 0.15) is 46.9 Å². The van der Waals surface area contributed by atoms with E-state index in [0.29, 0.717) is 49.7 Å². The van der Waals surface area contributed by atoms with E-state index >= 15 is 0 Å². The Labute approximate surface area is 194 Å². The normalized spacial score (nSPS) is 13.3. The molecule has 32 heavy (non-hydrogen) atoms. The number of ether oxygens (including phenoxy) is 2. The summed E-state index contributed by atoms with van der Waals surface area (Å²) in [5, 5.41) is 5.77. The van der Waals surface area contributed by atoms with E-state index in [1.54, 1.807) is 47.4 Å². The van der Waals surface area contributed by atoms with Crippen LogP contribution >= 0.6 is 12.2 Å². The summed E-state index contributed by atoms with van der Waals surface area (Å²) in [7, 11) is 0. The lowest BCUT2D eigenvalue weighted by Crippen LogP contribution is -2.41. The second-order valence-corrected chi connectivity index (χ2v) is 7.85. The Morgan fingerprint density at radius 3 is 2.50 bits per heavy atom. The monoisotopic (exact) mass is 455 g/mol. The summed E-state index contributed by atoms with van der Waals surface area (Å²) in [6, 6.07) is 14.0. The number of hydrogen-bond acceptors (Lipinski definition) is 5. The number of rotatable bonds is 8. The summed E-state index contributed by atoms with van der Waals surface area (Å²) in [6.07, 6.45) is 3.28. The highest BCUT2D eigenvalue weighted by Gasteiger charge is 2.21. The van der Waals surface area contributed by atoms with E-state index in [4.69, 9.17) is 21.7 Å². The van der Waals surface area contributed by atoms with Crippen LogP contribution in [0, 0.1) is 0 Å². The number of nitrogens with zero attached hydrogens (tertiary/aromatic N) is 1. The molecular weight excluding hydrogens is 426 g/mol. The SMILES string of the molecule is CCCCCOc1ccc(C(=O)NC(=S)Nc2ccccc2C(=O)N2CCOCC2)cc1. The van der Waals surface area contributed by atoms with Crippen molar-refractivity contribution in [3.05, 3.63) is 59.7 Å². The fraction of sp³-hybridized carbons (Fsp3) is 0.375. The number of amides is 2. The van der Waals surface area contributed by atoms with Crippen molar-refractivity contribution in [2.24, 2.45) is 0 Å². The van der Waals surface area contributed by atoms with E-state index in [2.05, 4.69) is 17.6 Å². The second kappa shape index (κ2) is 12.2. The van der Waals surface area contributed by atoms with Crippen LogP contribution in [0.2, 0.25) is 0 Å². The lowest BCUT2D eigenvalue weighted by Gasteiger charge is -2.27. The third-order valence-corrected chi connectivity index (χ3v) is 5.27. The Morgan fingerprint density at radius 1 is 1.06 bits per heavy atom. The number of morpholine rings is 1. The molecule has 0 bridgehead atoms. The van der Waals surface area contributed by atoms with Crippen molar-refractivity contribution in [3.63, 3.8) is 0 Å². The van der Waals surface area contributed by atoms with Gasteiger partial charge in [0, 0.05) is 18.7 Å². The van der Waals surface area contributed by atoms with Crippen LogP contribution in [0.25, 0.3) is 0 Å². The first-order valence-electron chi connectivity index (χ1n) is 10.9. The number of unbranched alkanes of at least 4 members (excludes halogenated alkanes) is 2. The van der Waals surface area contributed by atoms with E-state index < -0.39 is 0 Å². The van der Waals surface area contributed by atoms with Crippen molar-refractivity contribution in [2.75, 3.05) is 38.2 Å². The fourth-order valence-electron chi connectivity index (χ4n) is 3.29. The van der Waals surface area contributed by atoms with Crippen molar-refractivity contribution in [3.8, 4) is 5.75 Å². The summed E-state index contributed by atoms with van der Waals surface area (Å²) in [5.41, 5.74) is 1.51. The first-order chi connectivity index (χ1) is 15.6. The number of carbonyl (C=O) groups is 2. The van der Waals surface area contributed by atoms with Crippen molar-refractivity contribution < 1.29 is 19.1 Å². The highest BCUT2D eigenvalue weighted by atomic mass is 32.1. The fourth-order valence-corrected chi connectivity index (χ4v) is 3.49. The van der Waals surface area contributed by atoms with Crippen molar-refractivity contribution in [2.45, 2.75) is 26.2 Å². The molecule has 2 N–H and O–H groups in total. The molecule has 2 amide bonds. The predicted octanol–water partition coefficient (Wildman–Crippen LogP) is 3.85. The Bertz CT molecular complexity index is 927. The van der Waals surface area contributed by atoms with Crippen LogP contribution in [0.3, 0.4) is 0 Å². The van der Waals surface area contributed by atoms with Gasteiger partial charge in [-0.25, -0.2) is 0 Å². The van der Waals surface area contributed by atoms with Gasteiger partial charge < -0.3 is 19.7 Å². The Morgan fingerprint density at radius 2 is 1.78 bits per heavy atom. The van der Waals surface area contributed by atoms with Gasteiger partial charge in [-0.15, -0.1) is 0 Å². The van der Waals surface area contributed by atoms with Crippen LogP contribution in [0.4, 0.5) is 5.69 Å². The molecule has 0 spiro atoms. The van der Waals surface area contributed by atoms with Crippen LogP contribution in [0.15, 0.2) is 48.5 Å². The molecular formula is C24H29N3O4S. The average Bonchev–Trinajstić information content (AvgIpc) is 2.82. The molecule has 8 heteroatoms. The van der Waals surface area contributed by atoms with Gasteiger partial charge in [0.15, 0.2) is 5.11 Å². The molecule has 0 saturated carbocycles. The van der Waals surface area contributed by atoms with E-state index in [0.717, 1.165) is 25.0 Å². The number of thiocarbonyl (C=S) groups is 1. The molecule has 170 valence electrons. The molecule has 0 unspecified atom stereocenters.